The number of rotatable bonds is 8. The van der Waals surface area contributed by atoms with E-state index < -0.39 is 35.1 Å². The first-order chi connectivity index (χ1) is 36.9. The molecule has 77 heavy (non-hydrogen) atoms. The largest absolute Gasteiger partial charge is 0.480 e. The summed E-state index contributed by atoms with van der Waals surface area (Å²) in [5, 5.41) is 54.1. The number of pyridine rings is 3. The molecule has 392 valence electrons. The molecule has 0 bridgehead atoms. The molecule has 0 aliphatic carbocycles. The maximum Gasteiger partial charge on any atom is 0.326 e. The van der Waals surface area contributed by atoms with Crippen LogP contribution in [0.15, 0.2) is 100 Å². The second-order valence-electron chi connectivity index (χ2n) is 17.6. The van der Waals surface area contributed by atoms with E-state index in [2.05, 4.69) is 46.6 Å². The normalized spacial score (nSPS) is 16.0. The van der Waals surface area contributed by atoms with E-state index >= 15 is 0 Å². The zero-order chi connectivity index (χ0) is 54.6. The van der Waals surface area contributed by atoms with Gasteiger partial charge in [0, 0.05) is 77.6 Å². The molecule has 0 saturated heterocycles. The van der Waals surface area contributed by atoms with Crippen molar-refractivity contribution in [3.63, 3.8) is 0 Å². The van der Waals surface area contributed by atoms with Crippen LogP contribution in [0.5, 0.6) is 0 Å². The molecule has 2 N–H and O–H groups in total. The number of carboxylic acid groups (broad SMARTS) is 2. The van der Waals surface area contributed by atoms with Gasteiger partial charge in [-0.05, 0) is 137 Å². The maximum absolute atomic E-state index is 12.8. The number of hydrogen-bond donors (Lipinski definition) is 2. The quantitative estimate of drug-likeness (QED) is 0.144. The number of fused-ring (bicyclic) bond motifs is 3. The van der Waals surface area contributed by atoms with Gasteiger partial charge in [-0.1, -0.05) is 81.2 Å². The molecule has 0 amide bonds. The molecule has 9 heterocycles. The Bertz CT molecular complexity index is 4000. The van der Waals surface area contributed by atoms with Crippen LogP contribution in [-0.2, 0) is 28.9 Å². The van der Waals surface area contributed by atoms with E-state index in [9.17, 15) is 34.2 Å². The van der Waals surface area contributed by atoms with Crippen molar-refractivity contribution in [3.8, 4) is 50.4 Å². The highest BCUT2D eigenvalue weighted by Gasteiger charge is 2.35. The third-order valence-corrected chi connectivity index (χ3v) is 15.5. The number of tetrazole rings is 3. The molecule has 3 aromatic carbocycles. The molecule has 29 heteroatoms. The van der Waals surface area contributed by atoms with Crippen molar-refractivity contribution in [2.75, 3.05) is 0 Å². The molecular weight excluding hydrogens is 1150 g/mol. The minimum atomic E-state index is -1.10. The van der Waals surface area contributed by atoms with Gasteiger partial charge in [0.05, 0.1) is 27.1 Å². The zero-order valence-corrected chi connectivity index (χ0v) is 44.6. The summed E-state index contributed by atoms with van der Waals surface area (Å²) in [6, 6.07) is 16.9. The Morgan fingerprint density at radius 3 is 1.44 bits per heavy atom. The first kappa shape index (κ1) is 53.1. The van der Waals surface area contributed by atoms with Gasteiger partial charge in [0.1, 0.15) is 41.1 Å². The number of hydrogen-bond acceptors (Lipinski definition) is 14. The maximum atomic E-state index is 12.8. The Balaban J connectivity index is 0.000000131. The molecular formula is C48H34Cl7N15O7. The third kappa shape index (κ3) is 9.90. The lowest BCUT2D eigenvalue weighted by molar-refractivity contribution is -0.141. The van der Waals surface area contributed by atoms with Gasteiger partial charge in [0.25, 0.3) is 16.7 Å². The number of carboxylic acids is 2. The van der Waals surface area contributed by atoms with Gasteiger partial charge in [0.15, 0.2) is 0 Å². The summed E-state index contributed by atoms with van der Waals surface area (Å²) in [5.41, 5.74) is 5.67. The fraction of sp³-hybridized carbons (Fsp3) is 0.208. The molecule has 22 nitrogen and oxygen atoms in total. The SMILES string of the molecule is C[C@@H]1CCc2c(Cl)c(-c3cc(Cl)ccc3-n3cnnn3)cc(=O)n21.O=C(O)[C@@H]1CCc2c(Cl)c(-c3cc(Cl)ccc3-n3cnnn3)c(Cl)c(=O)n21.O=C(O)[C@@H]1CCc2cc(-c3cc(Cl)ccc3-n3cnnn3)c(Cl)c(=O)n21. The van der Waals surface area contributed by atoms with E-state index in [1.165, 1.54) is 37.6 Å². The lowest BCUT2D eigenvalue weighted by Crippen LogP contribution is -2.28. The number of aryl methyl sites for hydroxylation is 1. The first-order valence-corrected chi connectivity index (χ1v) is 25.6. The summed E-state index contributed by atoms with van der Waals surface area (Å²) in [5.74, 6) is -2.15. The number of carbonyl (C=O) groups is 2. The lowest BCUT2D eigenvalue weighted by Gasteiger charge is -2.17. The molecule has 0 fully saturated rings. The molecule has 3 aliphatic rings. The van der Waals surface area contributed by atoms with Crippen LogP contribution in [0.1, 0.15) is 61.4 Å². The fourth-order valence-corrected chi connectivity index (χ4v) is 11.6. The fourth-order valence-electron chi connectivity index (χ4n) is 9.75. The summed E-state index contributed by atoms with van der Waals surface area (Å²) in [4.78, 5) is 61.0. The predicted octanol–water partition coefficient (Wildman–Crippen LogP) is 8.70. The average molecular weight is 1180 g/mol. The minimum absolute atomic E-state index is 0.0583. The van der Waals surface area contributed by atoms with E-state index in [1.54, 1.807) is 71.3 Å². The van der Waals surface area contributed by atoms with Crippen LogP contribution in [0.25, 0.3) is 50.4 Å². The van der Waals surface area contributed by atoms with Crippen molar-refractivity contribution in [3.05, 3.63) is 169 Å². The van der Waals surface area contributed by atoms with Crippen molar-refractivity contribution < 1.29 is 19.8 Å². The van der Waals surface area contributed by atoms with E-state index in [1.807, 2.05) is 6.92 Å². The van der Waals surface area contributed by atoms with Gasteiger partial charge in [-0.2, -0.15) is 14.0 Å². The summed E-state index contributed by atoms with van der Waals surface area (Å²) in [6.45, 7) is 2.03. The Kier molecular flexibility index (Phi) is 14.9. The number of halogens is 7. The molecule has 9 aromatic rings. The Hall–Kier alpha value is -7.31. The van der Waals surface area contributed by atoms with Gasteiger partial charge in [-0.3, -0.25) is 23.5 Å². The van der Waals surface area contributed by atoms with Gasteiger partial charge < -0.3 is 14.8 Å². The second kappa shape index (κ2) is 21.6. The van der Waals surface area contributed by atoms with Crippen LogP contribution in [-0.4, -0.2) is 96.5 Å². The molecule has 0 unspecified atom stereocenters. The summed E-state index contributed by atoms with van der Waals surface area (Å²) < 4.78 is 8.52. The summed E-state index contributed by atoms with van der Waals surface area (Å²) >= 11 is 44.4. The van der Waals surface area contributed by atoms with Crippen LogP contribution < -0.4 is 16.7 Å². The zero-order valence-electron chi connectivity index (χ0n) is 39.3. The molecule has 12 rings (SSSR count). The monoisotopic (exact) mass is 1180 g/mol. The molecule has 0 radical (unpaired) electrons. The van der Waals surface area contributed by atoms with Crippen LogP contribution in [0.2, 0.25) is 35.2 Å². The summed E-state index contributed by atoms with van der Waals surface area (Å²) in [6.07, 6.45) is 7.41. The molecule has 0 spiro atoms. The molecule has 3 atom stereocenters. The van der Waals surface area contributed by atoms with E-state index in [-0.39, 0.29) is 38.7 Å². The third-order valence-electron chi connectivity index (χ3n) is 13.2. The van der Waals surface area contributed by atoms with Gasteiger partial charge in [-0.15, -0.1) is 15.3 Å². The first-order valence-electron chi connectivity index (χ1n) is 23.0. The number of aromatic nitrogens is 15. The Morgan fingerprint density at radius 2 is 0.935 bits per heavy atom. The van der Waals surface area contributed by atoms with Gasteiger partial charge in [0.2, 0.25) is 0 Å². The topological polar surface area (TPSA) is 271 Å². The highest BCUT2D eigenvalue weighted by Crippen LogP contribution is 2.43. The van der Waals surface area contributed by atoms with Crippen molar-refractivity contribution in [1.29, 1.82) is 0 Å². The molecule has 6 aromatic heterocycles. The van der Waals surface area contributed by atoms with Crippen molar-refractivity contribution in [1.82, 2.24) is 74.3 Å². The number of aliphatic carboxylic acids is 2. The van der Waals surface area contributed by atoms with Crippen molar-refractivity contribution >= 4 is 93.1 Å². The average Bonchev–Trinajstić information content (AvgIpc) is 4.28. The number of nitrogens with zero attached hydrogens (tertiary/aromatic N) is 15. The van der Waals surface area contributed by atoms with Crippen LogP contribution in [0.4, 0.5) is 0 Å². The van der Waals surface area contributed by atoms with E-state index in [4.69, 9.17) is 81.2 Å². The van der Waals surface area contributed by atoms with Gasteiger partial charge >= 0.3 is 11.9 Å². The van der Waals surface area contributed by atoms with Crippen LogP contribution in [0, 0.1) is 0 Å². The second-order valence-corrected chi connectivity index (χ2v) is 20.4. The standard InChI is InChI=1S/C16H10Cl3N5O3.C16H11Cl2N5O3.C16H13Cl2N5O/c17-7-1-2-9(23-6-20-21-22-23)8(5-7)12-13(18)10-3-4-11(16(26)27)24(10)15(25)14(12)19;17-8-1-3-12(22-7-19-20-21-22)10(5-8)11-6-9-2-4-13(16(25)26)23(9)15(24)14(11)18;1-9-2-4-14-16(18)12(7-15(24)23(9)14)11-6-10(17)3-5-13(11)22-8-19-20-21-22/h1-2,5-6,11H,3-4H2,(H,26,27);1,3,5-7,13H,2,4H2,(H,25,26);3,5-9H,2,4H2,1H3/t11-;13-;9-/m001/s1. The van der Waals surface area contributed by atoms with E-state index in [0.717, 1.165) is 28.7 Å². The van der Waals surface area contributed by atoms with Crippen LogP contribution in [0.3, 0.4) is 0 Å². The van der Waals surface area contributed by atoms with Crippen LogP contribution >= 0.6 is 81.2 Å². The smallest absolute Gasteiger partial charge is 0.326 e. The lowest BCUT2D eigenvalue weighted by atomic mass is 10.0. The predicted molar refractivity (Wildman–Crippen MR) is 285 cm³/mol. The molecule has 0 saturated carbocycles. The van der Waals surface area contributed by atoms with Crippen molar-refractivity contribution in [2.45, 2.75) is 63.6 Å². The Morgan fingerprint density at radius 1 is 0.494 bits per heavy atom. The number of benzene rings is 3. The molecule has 3 aliphatic heterocycles. The highest BCUT2D eigenvalue weighted by atomic mass is 35.5. The highest BCUT2D eigenvalue weighted by molar-refractivity contribution is 6.40. The Labute approximate surface area is 467 Å². The summed E-state index contributed by atoms with van der Waals surface area (Å²) in [7, 11) is 0. The minimum Gasteiger partial charge on any atom is -0.480 e. The van der Waals surface area contributed by atoms with Gasteiger partial charge in [-0.25, -0.2) is 9.59 Å². The van der Waals surface area contributed by atoms with Crippen molar-refractivity contribution in [2.24, 2.45) is 0 Å². The van der Waals surface area contributed by atoms with E-state index in [0.29, 0.717) is 90.1 Å².